The van der Waals surface area contributed by atoms with Crippen molar-refractivity contribution in [1.82, 2.24) is 14.9 Å². The van der Waals surface area contributed by atoms with E-state index in [9.17, 15) is 4.79 Å². The number of nitrogens with zero attached hydrogens (tertiary/aromatic N) is 3. The SMILES string of the molecule is O=C1CCCN1c1ccc(CN2CCC[C@@H](Cc3nc4ccccc4[nH]3)C2)cc1. The molecule has 3 heterocycles. The number of likely N-dealkylation sites (tertiary alicyclic amines) is 1. The Morgan fingerprint density at radius 2 is 1.90 bits per heavy atom. The van der Waals surface area contributed by atoms with Gasteiger partial charge < -0.3 is 9.88 Å². The number of hydrogen-bond acceptors (Lipinski definition) is 3. The molecule has 1 N–H and O–H groups in total. The highest BCUT2D eigenvalue weighted by Gasteiger charge is 2.23. The molecule has 0 radical (unpaired) electrons. The van der Waals surface area contributed by atoms with E-state index in [2.05, 4.69) is 52.3 Å². The molecule has 5 rings (SSSR count). The van der Waals surface area contributed by atoms with Crippen molar-refractivity contribution in [2.75, 3.05) is 24.5 Å². The second kappa shape index (κ2) is 7.99. The first-order valence-corrected chi connectivity index (χ1v) is 10.8. The van der Waals surface area contributed by atoms with Gasteiger partial charge in [-0.1, -0.05) is 24.3 Å². The first kappa shape index (κ1) is 18.4. The number of H-pyrrole nitrogens is 1. The summed E-state index contributed by atoms with van der Waals surface area (Å²) in [6, 6.07) is 16.8. The van der Waals surface area contributed by atoms with Gasteiger partial charge in [0.2, 0.25) is 5.91 Å². The lowest BCUT2D eigenvalue weighted by Crippen LogP contribution is -2.35. The Labute approximate surface area is 171 Å². The molecule has 1 amide bonds. The van der Waals surface area contributed by atoms with Crippen molar-refractivity contribution in [3.63, 3.8) is 0 Å². The van der Waals surface area contributed by atoms with Crippen LogP contribution in [0.3, 0.4) is 0 Å². The molecule has 5 nitrogen and oxygen atoms in total. The summed E-state index contributed by atoms with van der Waals surface area (Å²) in [5.41, 5.74) is 4.56. The molecule has 0 aliphatic carbocycles. The van der Waals surface area contributed by atoms with Gasteiger partial charge in [-0.3, -0.25) is 9.69 Å². The second-order valence-electron chi connectivity index (χ2n) is 8.46. The first-order chi connectivity index (χ1) is 14.2. The lowest BCUT2D eigenvalue weighted by molar-refractivity contribution is -0.117. The predicted molar refractivity (Wildman–Crippen MR) is 116 cm³/mol. The Morgan fingerprint density at radius 3 is 2.69 bits per heavy atom. The van der Waals surface area contributed by atoms with E-state index in [-0.39, 0.29) is 5.91 Å². The number of nitrogens with one attached hydrogen (secondary N) is 1. The topological polar surface area (TPSA) is 52.2 Å². The Hall–Kier alpha value is -2.66. The number of benzene rings is 2. The highest BCUT2D eigenvalue weighted by Crippen LogP contribution is 2.25. The first-order valence-electron chi connectivity index (χ1n) is 10.8. The van der Waals surface area contributed by atoms with Gasteiger partial charge >= 0.3 is 0 Å². The summed E-state index contributed by atoms with van der Waals surface area (Å²) < 4.78 is 0. The Balaban J connectivity index is 1.20. The zero-order chi connectivity index (χ0) is 19.6. The number of carbonyl (C=O) groups excluding carboxylic acids is 1. The summed E-state index contributed by atoms with van der Waals surface area (Å²) in [5.74, 6) is 2.01. The fourth-order valence-electron chi connectivity index (χ4n) is 4.80. The van der Waals surface area contributed by atoms with Crippen LogP contribution in [0.2, 0.25) is 0 Å². The molecule has 2 aliphatic heterocycles. The lowest BCUT2D eigenvalue weighted by Gasteiger charge is -2.32. The number of anilines is 1. The van der Waals surface area contributed by atoms with Crippen LogP contribution < -0.4 is 4.90 Å². The number of amides is 1. The number of fused-ring (bicyclic) bond motifs is 1. The minimum Gasteiger partial charge on any atom is -0.342 e. The third-order valence-electron chi connectivity index (χ3n) is 6.25. The van der Waals surface area contributed by atoms with Crippen molar-refractivity contribution in [1.29, 1.82) is 0 Å². The van der Waals surface area contributed by atoms with Gasteiger partial charge in [0.1, 0.15) is 5.82 Å². The summed E-state index contributed by atoms with van der Waals surface area (Å²) >= 11 is 0. The average Bonchev–Trinajstić information content (AvgIpc) is 3.34. The normalized spacial score (nSPS) is 20.6. The molecular weight excluding hydrogens is 360 g/mol. The number of rotatable bonds is 5. The zero-order valence-electron chi connectivity index (χ0n) is 16.8. The fraction of sp³-hybridized carbons (Fsp3) is 0.417. The highest BCUT2D eigenvalue weighted by molar-refractivity contribution is 5.95. The molecule has 3 aromatic rings. The van der Waals surface area contributed by atoms with Gasteiger partial charge in [-0.25, -0.2) is 4.98 Å². The van der Waals surface area contributed by atoms with E-state index in [1.54, 1.807) is 0 Å². The maximum atomic E-state index is 11.9. The second-order valence-corrected chi connectivity index (χ2v) is 8.46. The van der Waals surface area contributed by atoms with Crippen molar-refractivity contribution < 1.29 is 4.79 Å². The molecule has 5 heteroatoms. The minimum atomic E-state index is 0.252. The molecule has 2 aliphatic rings. The quantitative estimate of drug-likeness (QED) is 0.715. The Kier molecular flexibility index (Phi) is 5.06. The summed E-state index contributed by atoms with van der Waals surface area (Å²) in [7, 11) is 0. The molecule has 2 fully saturated rings. The number of para-hydroxylation sites is 2. The predicted octanol–water partition coefficient (Wildman–Crippen LogP) is 4.14. The molecule has 0 unspecified atom stereocenters. The van der Waals surface area contributed by atoms with Crippen LogP contribution in [0.4, 0.5) is 5.69 Å². The van der Waals surface area contributed by atoms with E-state index >= 15 is 0 Å². The van der Waals surface area contributed by atoms with E-state index in [0.29, 0.717) is 12.3 Å². The van der Waals surface area contributed by atoms with Crippen molar-refractivity contribution in [3.05, 3.63) is 59.9 Å². The van der Waals surface area contributed by atoms with Gasteiger partial charge in [0.15, 0.2) is 0 Å². The van der Waals surface area contributed by atoms with Crippen LogP contribution in [0.1, 0.15) is 37.1 Å². The number of hydrogen-bond donors (Lipinski definition) is 1. The van der Waals surface area contributed by atoms with E-state index < -0.39 is 0 Å². The average molecular weight is 389 g/mol. The number of imidazole rings is 1. The van der Waals surface area contributed by atoms with Gasteiger partial charge in [-0.15, -0.1) is 0 Å². The third kappa shape index (κ3) is 4.06. The van der Waals surface area contributed by atoms with Gasteiger partial charge in [-0.05, 0) is 61.6 Å². The molecular formula is C24H28N4O. The van der Waals surface area contributed by atoms with E-state index in [1.165, 1.54) is 18.4 Å². The number of aromatic nitrogens is 2. The van der Waals surface area contributed by atoms with Crippen LogP contribution >= 0.6 is 0 Å². The monoisotopic (exact) mass is 388 g/mol. The van der Waals surface area contributed by atoms with Crippen LogP contribution in [0.5, 0.6) is 0 Å². The molecule has 0 saturated carbocycles. The molecule has 150 valence electrons. The van der Waals surface area contributed by atoms with Crippen molar-refractivity contribution >= 4 is 22.6 Å². The van der Waals surface area contributed by atoms with Crippen LogP contribution in [0.15, 0.2) is 48.5 Å². The van der Waals surface area contributed by atoms with Crippen molar-refractivity contribution in [3.8, 4) is 0 Å². The number of aromatic amines is 1. The molecule has 2 aromatic carbocycles. The minimum absolute atomic E-state index is 0.252. The Bertz CT molecular complexity index is 961. The van der Waals surface area contributed by atoms with Gasteiger partial charge in [0.25, 0.3) is 0 Å². The van der Waals surface area contributed by atoms with E-state index in [4.69, 9.17) is 4.98 Å². The molecule has 0 bridgehead atoms. The van der Waals surface area contributed by atoms with Gasteiger partial charge in [-0.2, -0.15) is 0 Å². The van der Waals surface area contributed by atoms with Crippen molar-refractivity contribution in [2.24, 2.45) is 5.92 Å². The number of carbonyl (C=O) groups is 1. The van der Waals surface area contributed by atoms with Gasteiger partial charge in [0, 0.05) is 38.2 Å². The third-order valence-corrected chi connectivity index (χ3v) is 6.25. The fourth-order valence-corrected chi connectivity index (χ4v) is 4.80. The zero-order valence-corrected chi connectivity index (χ0v) is 16.8. The molecule has 2 saturated heterocycles. The van der Waals surface area contributed by atoms with Crippen LogP contribution in [-0.2, 0) is 17.8 Å². The van der Waals surface area contributed by atoms with Crippen molar-refractivity contribution in [2.45, 2.75) is 38.6 Å². The summed E-state index contributed by atoms with van der Waals surface area (Å²) in [6.07, 6.45) is 5.18. The summed E-state index contributed by atoms with van der Waals surface area (Å²) in [6.45, 7) is 4.10. The summed E-state index contributed by atoms with van der Waals surface area (Å²) in [4.78, 5) is 24.6. The molecule has 0 spiro atoms. The van der Waals surface area contributed by atoms with Crippen LogP contribution in [0.25, 0.3) is 11.0 Å². The number of piperidine rings is 1. The van der Waals surface area contributed by atoms with E-state index in [0.717, 1.165) is 61.6 Å². The molecule has 1 aromatic heterocycles. The maximum Gasteiger partial charge on any atom is 0.227 e. The largest absolute Gasteiger partial charge is 0.342 e. The highest BCUT2D eigenvalue weighted by atomic mass is 16.2. The lowest BCUT2D eigenvalue weighted by atomic mass is 9.94. The molecule has 1 atom stereocenters. The smallest absolute Gasteiger partial charge is 0.227 e. The van der Waals surface area contributed by atoms with E-state index in [1.807, 2.05) is 11.0 Å². The molecule has 29 heavy (non-hydrogen) atoms. The maximum absolute atomic E-state index is 11.9. The van der Waals surface area contributed by atoms with Gasteiger partial charge in [0.05, 0.1) is 11.0 Å². The van der Waals surface area contributed by atoms with Crippen LogP contribution in [0, 0.1) is 5.92 Å². The van der Waals surface area contributed by atoms with Crippen LogP contribution in [-0.4, -0.2) is 40.4 Å². The standard InChI is InChI=1S/C24H28N4O/c29-24-8-4-14-28(24)20-11-9-18(10-12-20)16-27-13-3-5-19(17-27)15-23-25-21-6-1-2-7-22(21)26-23/h1-2,6-7,9-12,19H,3-5,8,13-17H2,(H,25,26)/t19-/m0/s1. The Morgan fingerprint density at radius 1 is 1.03 bits per heavy atom. The summed E-state index contributed by atoms with van der Waals surface area (Å²) in [5, 5.41) is 0.